The Bertz CT molecular complexity index is 547. The van der Waals surface area contributed by atoms with Crippen molar-refractivity contribution < 1.29 is 0 Å². The molecule has 2 aromatic rings. The van der Waals surface area contributed by atoms with Crippen molar-refractivity contribution in [3.8, 4) is 0 Å². The first-order valence-corrected chi connectivity index (χ1v) is 7.07. The molecule has 2 N–H and O–H groups in total. The van der Waals surface area contributed by atoms with Gasteiger partial charge in [0.05, 0.1) is 6.04 Å². The quantitative estimate of drug-likeness (QED) is 0.852. The summed E-state index contributed by atoms with van der Waals surface area (Å²) in [6.45, 7) is 4.82. The molecule has 0 saturated heterocycles. The zero-order valence-electron chi connectivity index (χ0n) is 11.6. The van der Waals surface area contributed by atoms with Crippen LogP contribution in [0.1, 0.15) is 31.9 Å². The molecule has 6 heteroatoms. The van der Waals surface area contributed by atoms with E-state index < -0.39 is 0 Å². The van der Waals surface area contributed by atoms with Crippen LogP contribution >= 0.6 is 11.6 Å². The van der Waals surface area contributed by atoms with Crippen LogP contribution in [0, 0.1) is 0 Å². The summed E-state index contributed by atoms with van der Waals surface area (Å²) >= 11 is 5.92. The van der Waals surface area contributed by atoms with E-state index in [1.165, 1.54) is 5.56 Å². The summed E-state index contributed by atoms with van der Waals surface area (Å²) in [4.78, 5) is 12.5. The molecule has 106 valence electrons. The largest absolute Gasteiger partial charge is 0.354 e. The summed E-state index contributed by atoms with van der Waals surface area (Å²) in [7, 11) is 0. The second-order valence-corrected chi connectivity index (χ2v) is 4.64. The Morgan fingerprint density at radius 1 is 1.05 bits per heavy atom. The molecule has 0 aliphatic rings. The van der Waals surface area contributed by atoms with Crippen molar-refractivity contribution in [1.29, 1.82) is 0 Å². The molecular weight excluding hydrogens is 274 g/mol. The van der Waals surface area contributed by atoms with Crippen LogP contribution in [0.3, 0.4) is 0 Å². The van der Waals surface area contributed by atoms with Crippen LogP contribution in [0.4, 0.5) is 11.9 Å². The fourth-order valence-electron chi connectivity index (χ4n) is 1.91. The number of nitrogens with zero attached hydrogens (tertiary/aromatic N) is 3. The lowest BCUT2D eigenvalue weighted by Gasteiger charge is -2.17. The van der Waals surface area contributed by atoms with Gasteiger partial charge in [-0.25, -0.2) is 0 Å². The second-order valence-electron chi connectivity index (χ2n) is 4.30. The van der Waals surface area contributed by atoms with E-state index in [0.29, 0.717) is 11.9 Å². The van der Waals surface area contributed by atoms with Gasteiger partial charge in [0.25, 0.3) is 0 Å². The molecule has 1 aromatic heterocycles. The van der Waals surface area contributed by atoms with Crippen LogP contribution in [0.5, 0.6) is 0 Å². The molecule has 2 rings (SSSR count). The third kappa shape index (κ3) is 3.81. The first-order chi connectivity index (χ1) is 9.72. The van der Waals surface area contributed by atoms with Gasteiger partial charge in [-0.15, -0.1) is 0 Å². The molecule has 5 nitrogen and oxygen atoms in total. The molecule has 1 atom stereocenters. The Kier molecular flexibility index (Phi) is 5.12. The van der Waals surface area contributed by atoms with Gasteiger partial charge in [-0.1, -0.05) is 37.3 Å². The summed E-state index contributed by atoms with van der Waals surface area (Å²) in [6, 6.07) is 10.3. The summed E-state index contributed by atoms with van der Waals surface area (Å²) < 4.78 is 0. The fraction of sp³-hybridized carbons (Fsp3) is 0.357. The molecule has 0 aliphatic carbocycles. The maximum Gasteiger partial charge on any atom is 0.229 e. The maximum atomic E-state index is 5.92. The average molecular weight is 292 g/mol. The maximum absolute atomic E-state index is 5.92. The van der Waals surface area contributed by atoms with Crippen LogP contribution in [0.25, 0.3) is 0 Å². The van der Waals surface area contributed by atoms with Gasteiger partial charge in [-0.2, -0.15) is 15.0 Å². The van der Waals surface area contributed by atoms with Crippen molar-refractivity contribution in [2.45, 2.75) is 26.3 Å². The molecule has 0 bridgehead atoms. The molecule has 1 heterocycles. The number of rotatable bonds is 6. The van der Waals surface area contributed by atoms with E-state index in [9.17, 15) is 0 Å². The van der Waals surface area contributed by atoms with E-state index in [0.717, 1.165) is 13.0 Å². The molecular formula is C14H18ClN5. The van der Waals surface area contributed by atoms with E-state index >= 15 is 0 Å². The minimum atomic E-state index is 0.143. The smallest absolute Gasteiger partial charge is 0.229 e. The highest BCUT2D eigenvalue weighted by Crippen LogP contribution is 2.21. The summed E-state index contributed by atoms with van der Waals surface area (Å²) in [5.41, 5.74) is 1.19. The number of hydrogen-bond acceptors (Lipinski definition) is 5. The lowest BCUT2D eigenvalue weighted by atomic mass is 10.1. The van der Waals surface area contributed by atoms with Gasteiger partial charge in [-0.05, 0) is 30.5 Å². The number of hydrogen-bond donors (Lipinski definition) is 2. The van der Waals surface area contributed by atoms with Gasteiger partial charge < -0.3 is 10.6 Å². The third-order valence-corrected chi connectivity index (χ3v) is 3.03. The first kappa shape index (κ1) is 14.5. The molecule has 20 heavy (non-hydrogen) atoms. The standard InChI is InChI=1S/C14H18ClN5/c1-3-11(10-8-6-5-7-9-10)17-14-19-12(15)18-13(20-14)16-4-2/h5-9,11H,3-4H2,1-2H3,(H2,16,17,18,19,20). The minimum Gasteiger partial charge on any atom is -0.354 e. The van der Waals surface area contributed by atoms with Crippen molar-refractivity contribution in [2.75, 3.05) is 17.2 Å². The molecule has 0 amide bonds. The number of nitrogens with one attached hydrogen (secondary N) is 2. The predicted molar refractivity (Wildman–Crippen MR) is 82.1 cm³/mol. The minimum absolute atomic E-state index is 0.143. The van der Waals surface area contributed by atoms with Crippen molar-refractivity contribution in [3.05, 3.63) is 41.2 Å². The van der Waals surface area contributed by atoms with E-state index in [-0.39, 0.29) is 11.3 Å². The molecule has 0 aliphatic heterocycles. The van der Waals surface area contributed by atoms with Crippen LogP contribution in [0.2, 0.25) is 5.28 Å². The van der Waals surface area contributed by atoms with Crippen molar-refractivity contribution in [1.82, 2.24) is 15.0 Å². The van der Waals surface area contributed by atoms with E-state index in [2.05, 4.69) is 44.6 Å². The van der Waals surface area contributed by atoms with Crippen LogP contribution in [-0.4, -0.2) is 21.5 Å². The van der Waals surface area contributed by atoms with Crippen molar-refractivity contribution in [3.63, 3.8) is 0 Å². The normalized spacial score (nSPS) is 11.9. The van der Waals surface area contributed by atoms with E-state index in [4.69, 9.17) is 11.6 Å². The van der Waals surface area contributed by atoms with Gasteiger partial charge in [-0.3, -0.25) is 0 Å². The van der Waals surface area contributed by atoms with Gasteiger partial charge >= 0.3 is 0 Å². The van der Waals surface area contributed by atoms with E-state index in [1.807, 2.05) is 25.1 Å². The lowest BCUT2D eigenvalue weighted by Crippen LogP contribution is -2.14. The highest BCUT2D eigenvalue weighted by molar-refractivity contribution is 6.28. The highest BCUT2D eigenvalue weighted by atomic mass is 35.5. The molecule has 0 fully saturated rings. The molecule has 0 radical (unpaired) electrons. The molecule has 0 spiro atoms. The third-order valence-electron chi connectivity index (χ3n) is 2.86. The molecule has 0 saturated carbocycles. The Labute approximate surface area is 123 Å². The fourth-order valence-corrected chi connectivity index (χ4v) is 2.07. The van der Waals surface area contributed by atoms with Gasteiger partial charge in [0.15, 0.2) is 0 Å². The van der Waals surface area contributed by atoms with Gasteiger partial charge in [0, 0.05) is 6.54 Å². The summed E-state index contributed by atoms with van der Waals surface area (Å²) in [6.07, 6.45) is 0.920. The van der Waals surface area contributed by atoms with Crippen LogP contribution < -0.4 is 10.6 Å². The second kappa shape index (κ2) is 7.05. The average Bonchev–Trinajstić information content (AvgIpc) is 2.45. The molecule has 1 aromatic carbocycles. The number of aromatic nitrogens is 3. The number of anilines is 2. The monoisotopic (exact) mass is 291 g/mol. The Hall–Kier alpha value is -1.88. The van der Waals surface area contributed by atoms with Gasteiger partial charge in [0.2, 0.25) is 17.2 Å². The zero-order chi connectivity index (χ0) is 14.4. The van der Waals surface area contributed by atoms with Crippen molar-refractivity contribution in [2.24, 2.45) is 0 Å². The Balaban J connectivity index is 2.19. The first-order valence-electron chi connectivity index (χ1n) is 6.69. The van der Waals surface area contributed by atoms with Gasteiger partial charge in [0.1, 0.15) is 0 Å². The Morgan fingerprint density at radius 2 is 1.75 bits per heavy atom. The number of benzene rings is 1. The predicted octanol–water partition coefficient (Wildman–Crippen LogP) is 3.52. The lowest BCUT2D eigenvalue weighted by molar-refractivity contribution is 0.736. The molecule has 1 unspecified atom stereocenters. The van der Waals surface area contributed by atoms with Crippen LogP contribution in [0.15, 0.2) is 30.3 Å². The number of halogens is 1. The summed E-state index contributed by atoms with van der Waals surface area (Å²) in [5, 5.41) is 6.51. The zero-order valence-corrected chi connectivity index (χ0v) is 12.4. The Morgan fingerprint density at radius 3 is 2.40 bits per heavy atom. The summed E-state index contributed by atoms with van der Waals surface area (Å²) in [5.74, 6) is 0.967. The topological polar surface area (TPSA) is 62.7 Å². The van der Waals surface area contributed by atoms with E-state index in [1.54, 1.807) is 0 Å². The van der Waals surface area contributed by atoms with Crippen molar-refractivity contribution >= 4 is 23.5 Å². The highest BCUT2D eigenvalue weighted by Gasteiger charge is 2.12. The van der Waals surface area contributed by atoms with Crippen LogP contribution in [-0.2, 0) is 0 Å². The SMILES string of the molecule is CCNc1nc(Cl)nc(NC(CC)c2ccccc2)n1.